The van der Waals surface area contributed by atoms with Gasteiger partial charge in [-0.25, -0.2) is 0 Å². The number of aliphatic hydroxyl groups is 1. The molecule has 0 fully saturated rings. The number of nitrogens with one attached hydrogen (secondary N) is 1. The zero-order valence-electron chi connectivity index (χ0n) is 11.1. The van der Waals surface area contributed by atoms with Crippen LogP contribution >= 0.6 is 27.3 Å². The molecule has 0 saturated carbocycles. The van der Waals surface area contributed by atoms with Crippen molar-refractivity contribution >= 4 is 33.2 Å². The van der Waals surface area contributed by atoms with Gasteiger partial charge in [0.25, 0.3) is 5.91 Å². The number of thiophene rings is 1. The van der Waals surface area contributed by atoms with E-state index < -0.39 is 0 Å². The topological polar surface area (TPSA) is 62.2 Å². The monoisotopic (exact) mass is 364 g/mol. The Labute approximate surface area is 135 Å². The highest BCUT2D eigenvalue weighted by molar-refractivity contribution is 9.10. The largest absolute Gasteiger partial charge is 0.395 e. The number of aromatic nitrogens is 1. The lowest BCUT2D eigenvalue weighted by Crippen LogP contribution is -2.22. The molecule has 2 N–H and O–H groups in total. The summed E-state index contributed by atoms with van der Waals surface area (Å²) >= 11 is 5.01. The highest BCUT2D eigenvalue weighted by Gasteiger charge is 2.08. The number of halogens is 1. The molecule has 6 heteroatoms. The molecular weight excluding hydrogens is 352 g/mol. The molecular formula is C15H13BrN2O2S. The quantitative estimate of drug-likeness (QED) is 0.819. The molecule has 2 aromatic rings. The van der Waals surface area contributed by atoms with Crippen LogP contribution in [-0.4, -0.2) is 22.6 Å². The molecule has 0 aromatic carbocycles. The van der Waals surface area contributed by atoms with Crippen LogP contribution < -0.4 is 5.32 Å². The molecule has 0 bridgehead atoms. The van der Waals surface area contributed by atoms with Gasteiger partial charge < -0.3 is 10.4 Å². The van der Waals surface area contributed by atoms with E-state index in [2.05, 4.69) is 38.1 Å². The van der Waals surface area contributed by atoms with Crippen molar-refractivity contribution < 1.29 is 9.90 Å². The first-order valence-electron chi connectivity index (χ1n) is 6.25. The number of amides is 1. The van der Waals surface area contributed by atoms with Gasteiger partial charge in [0.2, 0.25) is 0 Å². The van der Waals surface area contributed by atoms with Crippen molar-refractivity contribution in [2.24, 2.45) is 0 Å². The van der Waals surface area contributed by atoms with Crippen LogP contribution in [0.15, 0.2) is 34.4 Å². The van der Waals surface area contributed by atoms with Crippen molar-refractivity contribution in [1.82, 2.24) is 10.3 Å². The fourth-order valence-corrected chi connectivity index (χ4v) is 3.00. The molecule has 2 aromatic heterocycles. The summed E-state index contributed by atoms with van der Waals surface area (Å²) in [4.78, 5) is 17.2. The number of pyridine rings is 1. The van der Waals surface area contributed by atoms with E-state index in [1.54, 1.807) is 23.6 Å². The average molecular weight is 365 g/mol. The van der Waals surface area contributed by atoms with Crippen LogP contribution in [0.4, 0.5) is 0 Å². The summed E-state index contributed by atoms with van der Waals surface area (Å²) in [7, 11) is 0. The minimum atomic E-state index is -0.186. The maximum Gasteiger partial charge on any atom is 0.253 e. The van der Waals surface area contributed by atoms with Crippen LogP contribution in [-0.2, 0) is 6.54 Å². The summed E-state index contributed by atoms with van der Waals surface area (Å²) < 4.78 is 0.995. The standard InChI is InChI=1S/C15H13BrN2O2S/c16-13-4-6-21-14(13)10-18-15(20)12-7-11(8-17-9-12)3-1-2-5-19/h4,6-9,19H,2,5,10H2,(H,18,20). The van der Waals surface area contributed by atoms with Crippen LogP contribution in [0.1, 0.15) is 27.2 Å². The van der Waals surface area contributed by atoms with Gasteiger partial charge in [-0.3, -0.25) is 9.78 Å². The summed E-state index contributed by atoms with van der Waals surface area (Å²) in [5, 5.41) is 13.5. The van der Waals surface area contributed by atoms with Crippen LogP contribution in [0.2, 0.25) is 0 Å². The number of aliphatic hydroxyl groups excluding tert-OH is 1. The van der Waals surface area contributed by atoms with Gasteiger partial charge in [0.1, 0.15) is 0 Å². The van der Waals surface area contributed by atoms with E-state index in [-0.39, 0.29) is 12.5 Å². The van der Waals surface area contributed by atoms with E-state index in [0.717, 1.165) is 9.35 Å². The van der Waals surface area contributed by atoms with Crippen molar-refractivity contribution in [3.8, 4) is 11.8 Å². The van der Waals surface area contributed by atoms with E-state index in [0.29, 0.717) is 24.1 Å². The lowest BCUT2D eigenvalue weighted by molar-refractivity contribution is 0.0951. The first-order chi connectivity index (χ1) is 10.2. The van der Waals surface area contributed by atoms with Crippen LogP contribution in [0, 0.1) is 11.8 Å². The van der Waals surface area contributed by atoms with Gasteiger partial charge in [0, 0.05) is 33.7 Å². The molecule has 0 atom stereocenters. The zero-order chi connectivity index (χ0) is 15.1. The fourth-order valence-electron chi connectivity index (χ4n) is 1.57. The maximum atomic E-state index is 12.1. The molecule has 0 aliphatic rings. The molecule has 0 spiro atoms. The van der Waals surface area contributed by atoms with Gasteiger partial charge in [0.15, 0.2) is 0 Å². The van der Waals surface area contributed by atoms with E-state index in [9.17, 15) is 4.79 Å². The second kappa shape index (κ2) is 7.93. The Kier molecular flexibility index (Phi) is 5.93. The molecule has 0 unspecified atom stereocenters. The molecule has 21 heavy (non-hydrogen) atoms. The first kappa shape index (κ1) is 15.7. The molecule has 108 valence electrons. The molecule has 0 aliphatic heterocycles. The van der Waals surface area contributed by atoms with Crippen molar-refractivity contribution in [2.75, 3.05) is 6.61 Å². The number of carbonyl (C=O) groups is 1. The van der Waals surface area contributed by atoms with Crippen LogP contribution in [0.25, 0.3) is 0 Å². The van der Waals surface area contributed by atoms with Crippen molar-refractivity contribution in [1.29, 1.82) is 0 Å². The Bertz CT molecular complexity index is 688. The number of nitrogens with zero attached hydrogens (tertiary/aromatic N) is 1. The number of rotatable bonds is 4. The molecule has 2 heterocycles. The Balaban J connectivity index is 2.01. The van der Waals surface area contributed by atoms with Gasteiger partial charge >= 0.3 is 0 Å². The highest BCUT2D eigenvalue weighted by Crippen LogP contribution is 2.22. The van der Waals surface area contributed by atoms with E-state index in [1.807, 2.05) is 11.4 Å². The summed E-state index contributed by atoms with van der Waals surface area (Å²) in [6, 6.07) is 3.64. The number of carbonyl (C=O) groups excluding carboxylic acids is 1. The van der Waals surface area contributed by atoms with E-state index in [4.69, 9.17) is 5.11 Å². The smallest absolute Gasteiger partial charge is 0.253 e. The third-order valence-corrected chi connectivity index (χ3v) is 4.50. The van der Waals surface area contributed by atoms with Gasteiger partial charge in [0.05, 0.1) is 18.7 Å². The fraction of sp³-hybridized carbons (Fsp3) is 0.200. The van der Waals surface area contributed by atoms with E-state index >= 15 is 0 Å². The molecule has 4 nitrogen and oxygen atoms in total. The first-order valence-corrected chi connectivity index (χ1v) is 7.93. The summed E-state index contributed by atoms with van der Waals surface area (Å²) in [5.74, 6) is 5.48. The third kappa shape index (κ3) is 4.67. The number of hydrogen-bond acceptors (Lipinski definition) is 4. The Morgan fingerprint density at radius 1 is 1.48 bits per heavy atom. The molecule has 0 aliphatic carbocycles. The van der Waals surface area contributed by atoms with Gasteiger partial charge in [-0.15, -0.1) is 11.3 Å². The number of hydrogen-bond donors (Lipinski definition) is 2. The van der Waals surface area contributed by atoms with Gasteiger partial charge in [-0.05, 0) is 33.4 Å². The minimum Gasteiger partial charge on any atom is -0.395 e. The Hall–Kier alpha value is -1.68. The zero-order valence-corrected chi connectivity index (χ0v) is 13.5. The van der Waals surface area contributed by atoms with Crippen LogP contribution in [0.3, 0.4) is 0 Å². The second-order valence-electron chi connectivity index (χ2n) is 4.11. The van der Waals surface area contributed by atoms with Crippen molar-refractivity contribution in [3.05, 3.63) is 50.4 Å². The summed E-state index contributed by atoms with van der Waals surface area (Å²) in [6.07, 6.45) is 3.51. The molecule has 2 rings (SSSR count). The Morgan fingerprint density at radius 2 is 2.33 bits per heavy atom. The lowest BCUT2D eigenvalue weighted by Gasteiger charge is -2.04. The summed E-state index contributed by atoms with van der Waals surface area (Å²) in [6.45, 7) is 0.494. The maximum absolute atomic E-state index is 12.1. The SMILES string of the molecule is O=C(NCc1sccc1Br)c1cncc(C#CCCO)c1. The van der Waals surface area contributed by atoms with Gasteiger partial charge in [-0.2, -0.15) is 0 Å². The Morgan fingerprint density at radius 3 is 3.05 bits per heavy atom. The highest BCUT2D eigenvalue weighted by atomic mass is 79.9. The lowest BCUT2D eigenvalue weighted by atomic mass is 10.2. The summed E-state index contributed by atoms with van der Waals surface area (Å²) in [5.41, 5.74) is 1.13. The van der Waals surface area contributed by atoms with E-state index in [1.165, 1.54) is 6.20 Å². The molecule has 0 radical (unpaired) electrons. The van der Waals surface area contributed by atoms with Gasteiger partial charge in [-0.1, -0.05) is 11.8 Å². The second-order valence-corrected chi connectivity index (χ2v) is 5.97. The third-order valence-electron chi connectivity index (χ3n) is 2.57. The predicted octanol–water partition coefficient (Wildman–Crippen LogP) is 2.57. The molecule has 1 amide bonds. The predicted molar refractivity (Wildman–Crippen MR) is 86.0 cm³/mol. The van der Waals surface area contributed by atoms with Crippen molar-refractivity contribution in [2.45, 2.75) is 13.0 Å². The van der Waals surface area contributed by atoms with Crippen LogP contribution in [0.5, 0.6) is 0 Å². The van der Waals surface area contributed by atoms with Crippen molar-refractivity contribution in [3.63, 3.8) is 0 Å². The normalized spacial score (nSPS) is 9.81. The average Bonchev–Trinajstić information content (AvgIpc) is 2.91. The minimum absolute atomic E-state index is 0.0241. The molecule has 0 saturated heterocycles.